The maximum absolute atomic E-state index is 12.2. The minimum absolute atomic E-state index is 0.0885. The second-order valence-electron chi connectivity index (χ2n) is 4.73. The molecule has 1 fully saturated rings. The first-order chi connectivity index (χ1) is 8.74. The Kier molecular flexibility index (Phi) is 3.20. The number of hydrogen-bond acceptors (Lipinski definition) is 4. The van der Waals surface area contributed by atoms with Crippen molar-refractivity contribution in [3.63, 3.8) is 0 Å². The zero-order valence-electron chi connectivity index (χ0n) is 10.3. The van der Waals surface area contributed by atoms with E-state index in [4.69, 9.17) is 4.74 Å². The van der Waals surface area contributed by atoms with Gasteiger partial charge in [0.15, 0.2) is 0 Å². The van der Waals surface area contributed by atoms with E-state index in [1.54, 1.807) is 15.9 Å². The molecule has 1 unspecified atom stereocenters. The van der Waals surface area contributed by atoms with E-state index in [9.17, 15) is 4.79 Å². The number of ether oxygens (including phenoxy) is 1. The molecule has 5 heteroatoms. The van der Waals surface area contributed by atoms with Gasteiger partial charge >= 0.3 is 0 Å². The van der Waals surface area contributed by atoms with E-state index in [-0.39, 0.29) is 11.7 Å². The van der Waals surface area contributed by atoms with E-state index in [2.05, 4.69) is 11.9 Å². The summed E-state index contributed by atoms with van der Waals surface area (Å²) in [4.78, 5) is 14.5. The number of rotatable bonds is 2. The summed E-state index contributed by atoms with van der Waals surface area (Å²) in [6.07, 6.45) is 1.98. The molecule has 0 aromatic carbocycles. The second kappa shape index (κ2) is 4.84. The van der Waals surface area contributed by atoms with Gasteiger partial charge in [-0.15, -0.1) is 11.3 Å². The number of fused-ring (bicyclic) bond motifs is 1. The molecule has 0 aliphatic carbocycles. The number of likely N-dealkylation sites (N-methyl/N-ethyl adjacent to an activating group) is 1. The molecule has 0 saturated carbocycles. The summed E-state index contributed by atoms with van der Waals surface area (Å²) in [6, 6.07) is 3.90. The highest BCUT2D eigenvalue weighted by Gasteiger charge is 2.18. The van der Waals surface area contributed by atoms with E-state index in [0.717, 1.165) is 29.8 Å². The standard InChI is InChI=1S/C13H16N2O2S/c1-14-5-6-17-10(8-14)9-15-4-2-12-11(13(15)16)3-7-18-12/h2-4,7,10H,5-6,8-9H2,1H3. The predicted octanol–water partition coefficient (Wildman–Crippen LogP) is 1.39. The summed E-state index contributed by atoms with van der Waals surface area (Å²) >= 11 is 1.60. The van der Waals surface area contributed by atoms with Gasteiger partial charge in [0.05, 0.1) is 24.6 Å². The Balaban J connectivity index is 1.86. The molecule has 18 heavy (non-hydrogen) atoms. The van der Waals surface area contributed by atoms with Crippen LogP contribution in [0.3, 0.4) is 0 Å². The Bertz CT molecular complexity index is 604. The third-order valence-corrected chi connectivity index (χ3v) is 4.22. The molecule has 4 nitrogen and oxygen atoms in total. The molecule has 0 radical (unpaired) electrons. The molecule has 0 spiro atoms. The lowest BCUT2D eigenvalue weighted by molar-refractivity contribution is -0.0278. The van der Waals surface area contributed by atoms with Crippen molar-refractivity contribution in [2.24, 2.45) is 0 Å². The Labute approximate surface area is 109 Å². The summed E-state index contributed by atoms with van der Waals surface area (Å²) in [7, 11) is 2.08. The van der Waals surface area contributed by atoms with Gasteiger partial charge in [0.25, 0.3) is 5.56 Å². The van der Waals surface area contributed by atoms with Gasteiger partial charge in [0, 0.05) is 24.0 Å². The summed E-state index contributed by atoms with van der Waals surface area (Å²) in [5.74, 6) is 0. The fourth-order valence-electron chi connectivity index (χ4n) is 2.35. The van der Waals surface area contributed by atoms with Crippen LogP contribution in [0.4, 0.5) is 0 Å². The van der Waals surface area contributed by atoms with E-state index >= 15 is 0 Å². The Morgan fingerprint density at radius 2 is 2.39 bits per heavy atom. The van der Waals surface area contributed by atoms with Crippen molar-refractivity contribution in [1.29, 1.82) is 0 Å². The molecule has 96 valence electrons. The maximum Gasteiger partial charge on any atom is 0.259 e. The lowest BCUT2D eigenvalue weighted by Crippen LogP contribution is -2.43. The normalized spacial score (nSPS) is 21.5. The number of nitrogens with zero attached hydrogens (tertiary/aromatic N) is 2. The molecule has 1 atom stereocenters. The van der Waals surface area contributed by atoms with Crippen molar-refractivity contribution in [3.8, 4) is 0 Å². The Morgan fingerprint density at radius 1 is 1.50 bits per heavy atom. The Hall–Kier alpha value is -1.17. The van der Waals surface area contributed by atoms with Gasteiger partial charge in [-0.25, -0.2) is 0 Å². The van der Waals surface area contributed by atoms with E-state index in [1.165, 1.54) is 0 Å². The van der Waals surface area contributed by atoms with Crippen LogP contribution >= 0.6 is 11.3 Å². The summed E-state index contributed by atoms with van der Waals surface area (Å²) in [5.41, 5.74) is 0.0885. The van der Waals surface area contributed by atoms with Crippen molar-refractivity contribution in [2.75, 3.05) is 26.7 Å². The topological polar surface area (TPSA) is 34.5 Å². The largest absolute Gasteiger partial charge is 0.374 e. The summed E-state index contributed by atoms with van der Waals surface area (Å²) in [6.45, 7) is 3.23. The van der Waals surface area contributed by atoms with E-state index in [0.29, 0.717) is 6.54 Å². The van der Waals surface area contributed by atoms with Crippen LogP contribution in [0.2, 0.25) is 0 Å². The van der Waals surface area contributed by atoms with E-state index in [1.807, 2.05) is 23.7 Å². The zero-order chi connectivity index (χ0) is 12.5. The van der Waals surface area contributed by atoms with Crippen molar-refractivity contribution < 1.29 is 4.74 Å². The van der Waals surface area contributed by atoms with Crippen LogP contribution in [0.25, 0.3) is 10.1 Å². The van der Waals surface area contributed by atoms with Gasteiger partial charge in [-0.1, -0.05) is 0 Å². The maximum atomic E-state index is 12.2. The Morgan fingerprint density at radius 3 is 3.22 bits per heavy atom. The van der Waals surface area contributed by atoms with Crippen LogP contribution in [0.5, 0.6) is 0 Å². The molecule has 0 bridgehead atoms. The van der Waals surface area contributed by atoms with Crippen molar-refractivity contribution in [3.05, 3.63) is 34.1 Å². The van der Waals surface area contributed by atoms with Crippen LogP contribution in [0.15, 0.2) is 28.5 Å². The first kappa shape index (κ1) is 11.9. The minimum atomic E-state index is 0.0885. The lowest BCUT2D eigenvalue weighted by atomic mass is 10.2. The highest BCUT2D eigenvalue weighted by molar-refractivity contribution is 7.17. The fraction of sp³-hybridized carbons (Fsp3) is 0.462. The number of pyridine rings is 1. The third-order valence-electron chi connectivity index (χ3n) is 3.33. The van der Waals surface area contributed by atoms with Crippen LogP contribution in [0, 0.1) is 0 Å². The lowest BCUT2D eigenvalue weighted by Gasteiger charge is -2.30. The predicted molar refractivity (Wildman–Crippen MR) is 73.3 cm³/mol. The van der Waals surface area contributed by atoms with E-state index < -0.39 is 0 Å². The average Bonchev–Trinajstić information content (AvgIpc) is 2.82. The molecule has 3 heterocycles. The fourth-order valence-corrected chi connectivity index (χ4v) is 3.12. The zero-order valence-corrected chi connectivity index (χ0v) is 11.2. The van der Waals surface area contributed by atoms with Gasteiger partial charge in [0.1, 0.15) is 0 Å². The number of morpholine rings is 1. The van der Waals surface area contributed by atoms with Gasteiger partial charge in [0.2, 0.25) is 0 Å². The quantitative estimate of drug-likeness (QED) is 0.822. The monoisotopic (exact) mass is 264 g/mol. The summed E-state index contributed by atoms with van der Waals surface area (Å²) in [5, 5.41) is 2.77. The molecule has 0 amide bonds. The van der Waals surface area contributed by atoms with Gasteiger partial charge in [-0.3, -0.25) is 4.79 Å². The molecule has 1 saturated heterocycles. The van der Waals surface area contributed by atoms with Gasteiger partial charge in [-0.2, -0.15) is 0 Å². The third kappa shape index (κ3) is 2.21. The highest BCUT2D eigenvalue weighted by Crippen LogP contribution is 2.16. The first-order valence-electron chi connectivity index (χ1n) is 6.11. The minimum Gasteiger partial charge on any atom is -0.374 e. The average molecular weight is 264 g/mol. The van der Waals surface area contributed by atoms with Crippen molar-refractivity contribution in [2.45, 2.75) is 12.6 Å². The molecular formula is C13H16N2O2S. The number of thiophene rings is 1. The number of aromatic nitrogens is 1. The molecule has 0 N–H and O–H groups in total. The molecule has 1 aliphatic heterocycles. The van der Waals surface area contributed by atoms with Crippen LogP contribution < -0.4 is 5.56 Å². The summed E-state index contributed by atoms with van der Waals surface area (Å²) < 4.78 is 8.52. The molecule has 1 aliphatic rings. The van der Waals surface area contributed by atoms with Crippen molar-refractivity contribution >= 4 is 21.4 Å². The SMILES string of the molecule is CN1CCOC(Cn2ccc3sccc3c2=O)C1. The molecule has 2 aromatic heterocycles. The first-order valence-corrected chi connectivity index (χ1v) is 6.99. The van der Waals surface area contributed by atoms with Crippen LogP contribution in [-0.2, 0) is 11.3 Å². The van der Waals surface area contributed by atoms with Gasteiger partial charge < -0.3 is 14.2 Å². The van der Waals surface area contributed by atoms with Crippen molar-refractivity contribution in [1.82, 2.24) is 9.47 Å². The highest BCUT2D eigenvalue weighted by atomic mass is 32.1. The molecule has 3 rings (SSSR count). The number of hydrogen-bond donors (Lipinski definition) is 0. The smallest absolute Gasteiger partial charge is 0.259 e. The van der Waals surface area contributed by atoms with Crippen LogP contribution in [-0.4, -0.2) is 42.3 Å². The van der Waals surface area contributed by atoms with Crippen LogP contribution in [0.1, 0.15) is 0 Å². The molecule has 2 aromatic rings. The molecular weight excluding hydrogens is 248 g/mol. The van der Waals surface area contributed by atoms with Gasteiger partial charge in [-0.05, 0) is 24.6 Å². The second-order valence-corrected chi connectivity index (χ2v) is 5.67.